The number of rotatable bonds is 4. The maximum Gasteiger partial charge on any atom is 0.280 e. The van der Waals surface area contributed by atoms with E-state index in [1.165, 1.54) is 49.4 Å². The second-order valence-corrected chi connectivity index (χ2v) is 4.05. The van der Waals surface area contributed by atoms with Crippen LogP contribution in [0, 0.1) is 15.9 Å². The molecule has 2 rings (SSSR count). The maximum atomic E-state index is 13.0. The van der Waals surface area contributed by atoms with Gasteiger partial charge in [-0.1, -0.05) is 6.07 Å². The molecule has 6 heteroatoms. The maximum absolute atomic E-state index is 13.0. The first-order valence-electron chi connectivity index (χ1n) is 5.70. The molecule has 2 aromatic carbocycles. The predicted octanol–water partition coefficient (Wildman–Crippen LogP) is 3.73. The lowest BCUT2D eigenvalue weighted by Crippen LogP contribution is -2.00. The van der Waals surface area contributed by atoms with Gasteiger partial charge in [-0.15, -0.1) is 0 Å². The largest absolute Gasteiger partial charge is 0.457 e. The Labute approximate surface area is 113 Å². The van der Waals surface area contributed by atoms with Gasteiger partial charge in [-0.2, -0.15) is 0 Å². The lowest BCUT2D eigenvalue weighted by Gasteiger charge is -2.07. The molecule has 5 nitrogen and oxygen atoms in total. The highest BCUT2D eigenvalue weighted by Gasteiger charge is 2.18. The zero-order valence-electron chi connectivity index (χ0n) is 10.5. The van der Waals surface area contributed by atoms with Crippen molar-refractivity contribution in [3.63, 3.8) is 0 Å². The first-order valence-corrected chi connectivity index (χ1v) is 5.70. The topological polar surface area (TPSA) is 69.4 Å². The van der Waals surface area contributed by atoms with Crippen molar-refractivity contribution in [2.45, 2.75) is 6.92 Å². The van der Waals surface area contributed by atoms with Gasteiger partial charge in [-0.25, -0.2) is 4.39 Å². The van der Waals surface area contributed by atoms with Crippen LogP contribution < -0.4 is 4.74 Å². The number of ether oxygens (including phenoxy) is 1. The van der Waals surface area contributed by atoms with Gasteiger partial charge in [0.05, 0.1) is 10.5 Å². The minimum absolute atomic E-state index is 0.0519. The van der Waals surface area contributed by atoms with E-state index in [1.54, 1.807) is 0 Å². The number of halogens is 1. The van der Waals surface area contributed by atoms with Gasteiger partial charge in [0.25, 0.3) is 5.69 Å². The second-order valence-electron chi connectivity index (χ2n) is 4.05. The zero-order chi connectivity index (χ0) is 14.7. The van der Waals surface area contributed by atoms with Gasteiger partial charge < -0.3 is 4.74 Å². The zero-order valence-corrected chi connectivity index (χ0v) is 10.5. The molecule has 102 valence electrons. The molecule has 0 saturated carbocycles. The van der Waals surface area contributed by atoms with Gasteiger partial charge >= 0.3 is 0 Å². The summed E-state index contributed by atoms with van der Waals surface area (Å²) in [5, 5.41) is 10.8. The second kappa shape index (κ2) is 5.48. The van der Waals surface area contributed by atoms with E-state index in [4.69, 9.17) is 4.74 Å². The van der Waals surface area contributed by atoms with Crippen LogP contribution in [0.15, 0.2) is 42.5 Å². The number of nitrogens with zero attached hydrogens (tertiary/aromatic N) is 1. The molecule has 0 aliphatic carbocycles. The molecular weight excluding hydrogens is 265 g/mol. The number of hydrogen-bond donors (Lipinski definition) is 0. The third kappa shape index (κ3) is 2.97. The first kappa shape index (κ1) is 13.7. The van der Waals surface area contributed by atoms with E-state index in [0.717, 1.165) is 0 Å². The van der Waals surface area contributed by atoms with Crippen LogP contribution in [-0.2, 0) is 0 Å². The van der Waals surface area contributed by atoms with Crippen LogP contribution >= 0.6 is 0 Å². The van der Waals surface area contributed by atoms with Gasteiger partial charge in [0.1, 0.15) is 17.3 Å². The summed E-state index contributed by atoms with van der Waals surface area (Å²) in [5.74, 6) is -0.433. The molecule has 2 aromatic rings. The molecule has 0 aromatic heterocycles. The van der Waals surface area contributed by atoms with Crippen molar-refractivity contribution in [1.29, 1.82) is 0 Å². The number of carbonyl (C=O) groups is 1. The highest BCUT2D eigenvalue weighted by Crippen LogP contribution is 2.28. The van der Waals surface area contributed by atoms with Crippen molar-refractivity contribution in [3.05, 3.63) is 64.0 Å². The third-order valence-corrected chi connectivity index (χ3v) is 2.58. The summed E-state index contributed by atoms with van der Waals surface area (Å²) in [6.45, 7) is 1.23. The molecule has 0 aliphatic heterocycles. The normalized spacial score (nSPS) is 10.1. The molecule has 0 radical (unpaired) electrons. The molecule has 0 atom stereocenters. The van der Waals surface area contributed by atoms with Crippen molar-refractivity contribution >= 4 is 11.5 Å². The van der Waals surface area contributed by atoms with Crippen LogP contribution in [-0.4, -0.2) is 10.7 Å². The van der Waals surface area contributed by atoms with Crippen LogP contribution in [0.25, 0.3) is 0 Å². The number of hydrogen-bond acceptors (Lipinski definition) is 4. The van der Waals surface area contributed by atoms with Crippen LogP contribution in [0.4, 0.5) is 10.1 Å². The van der Waals surface area contributed by atoms with Crippen molar-refractivity contribution in [1.82, 2.24) is 0 Å². The Hall–Kier alpha value is -2.76. The first-order chi connectivity index (χ1) is 9.47. The number of nitro benzene ring substituents is 1. The van der Waals surface area contributed by atoms with Gasteiger partial charge in [0, 0.05) is 12.1 Å². The standard InChI is InChI=1S/C14H10FNO4/c1-9(17)13-8-12(5-6-14(13)16(18)19)20-11-4-2-3-10(15)7-11/h2-8H,1H3. The van der Waals surface area contributed by atoms with Crippen molar-refractivity contribution in [2.75, 3.05) is 0 Å². The Morgan fingerprint density at radius 2 is 1.90 bits per heavy atom. The summed E-state index contributed by atoms with van der Waals surface area (Å²) in [7, 11) is 0. The van der Waals surface area contributed by atoms with Crippen molar-refractivity contribution in [3.8, 4) is 11.5 Å². The summed E-state index contributed by atoms with van der Waals surface area (Å²) in [6.07, 6.45) is 0. The van der Waals surface area contributed by atoms with E-state index in [9.17, 15) is 19.3 Å². The molecule has 0 amide bonds. The Morgan fingerprint density at radius 3 is 2.50 bits per heavy atom. The monoisotopic (exact) mass is 275 g/mol. The number of carbonyl (C=O) groups excluding carboxylic acids is 1. The third-order valence-electron chi connectivity index (χ3n) is 2.58. The number of benzene rings is 2. The Balaban J connectivity index is 2.36. The summed E-state index contributed by atoms with van der Waals surface area (Å²) < 4.78 is 18.4. The molecule has 0 unspecified atom stereocenters. The average molecular weight is 275 g/mol. The molecule has 20 heavy (non-hydrogen) atoms. The predicted molar refractivity (Wildman–Crippen MR) is 69.6 cm³/mol. The average Bonchev–Trinajstić information content (AvgIpc) is 2.38. The molecule has 0 heterocycles. The summed E-state index contributed by atoms with van der Waals surface area (Å²) in [6, 6.07) is 9.27. The van der Waals surface area contributed by atoms with E-state index in [-0.39, 0.29) is 22.7 Å². The summed E-state index contributed by atoms with van der Waals surface area (Å²) in [5.41, 5.74) is -0.340. The minimum atomic E-state index is -0.636. The van der Waals surface area contributed by atoms with Crippen LogP contribution in [0.3, 0.4) is 0 Å². The smallest absolute Gasteiger partial charge is 0.280 e. The Morgan fingerprint density at radius 1 is 1.20 bits per heavy atom. The van der Waals surface area contributed by atoms with Crippen LogP contribution in [0.2, 0.25) is 0 Å². The lowest BCUT2D eigenvalue weighted by molar-refractivity contribution is -0.385. The summed E-state index contributed by atoms with van der Waals surface area (Å²) in [4.78, 5) is 21.6. The summed E-state index contributed by atoms with van der Waals surface area (Å²) >= 11 is 0. The lowest BCUT2D eigenvalue weighted by atomic mass is 10.1. The van der Waals surface area contributed by atoms with E-state index >= 15 is 0 Å². The van der Waals surface area contributed by atoms with Gasteiger partial charge in [-0.3, -0.25) is 14.9 Å². The SMILES string of the molecule is CC(=O)c1cc(Oc2cccc(F)c2)ccc1[N+](=O)[O-]. The number of nitro groups is 1. The quantitative estimate of drug-likeness (QED) is 0.484. The fourth-order valence-corrected chi connectivity index (χ4v) is 1.69. The Kier molecular flexibility index (Phi) is 3.74. The molecule has 0 fully saturated rings. The molecular formula is C14H10FNO4. The van der Waals surface area contributed by atoms with Gasteiger partial charge in [-0.05, 0) is 31.2 Å². The molecule has 0 aliphatic rings. The fraction of sp³-hybridized carbons (Fsp3) is 0.0714. The van der Waals surface area contributed by atoms with E-state index in [2.05, 4.69) is 0 Å². The highest BCUT2D eigenvalue weighted by molar-refractivity contribution is 5.98. The van der Waals surface area contributed by atoms with E-state index < -0.39 is 16.5 Å². The number of Topliss-reactive ketones (excluding diaryl/α,β-unsaturated/α-hetero) is 1. The number of ketones is 1. The van der Waals surface area contributed by atoms with E-state index in [1.807, 2.05) is 0 Å². The van der Waals surface area contributed by atoms with Crippen LogP contribution in [0.5, 0.6) is 11.5 Å². The van der Waals surface area contributed by atoms with Gasteiger partial charge in [0.2, 0.25) is 0 Å². The molecule has 0 saturated heterocycles. The fourth-order valence-electron chi connectivity index (χ4n) is 1.69. The van der Waals surface area contributed by atoms with Crippen LogP contribution in [0.1, 0.15) is 17.3 Å². The minimum Gasteiger partial charge on any atom is -0.457 e. The molecule has 0 spiro atoms. The highest BCUT2D eigenvalue weighted by atomic mass is 19.1. The Bertz CT molecular complexity index is 685. The molecule has 0 N–H and O–H groups in total. The van der Waals surface area contributed by atoms with Gasteiger partial charge in [0.15, 0.2) is 5.78 Å². The van der Waals surface area contributed by atoms with Crippen molar-refractivity contribution in [2.24, 2.45) is 0 Å². The van der Waals surface area contributed by atoms with E-state index in [0.29, 0.717) is 0 Å². The van der Waals surface area contributed by atoms with Crippen molar-refractivity contribution < 1.29 is 18.8 Å². The molecule has 0 bridgehead atoms.